The Hall–Kier alpha value is -4.93. The zero-order valence-corrected chi connectivity index (χ0v) is 21.8. The number of carbonyl (C=O) groups excluding carboxylic acids is 1. The van der Waals surface area contributed by atoms with Crippen molar-refractivity contribution in [3.63, 3.8) is 0 Å². The molecule has 1 N–H and O–H groups in total. The monoisotopic (exact) mass is 521 g/mol. The molecule has 0 aliphatic heterocycles. The van der Waals surface area contributed by atoms with Crippen LogP contribution in [0.3, 0.4) is 0 Å². The SMILES string of the molecule is COc1cc(C(=O)Nc2ccc(-c3nnc(-c4cc(OC)c(OC)c(OC)c4)o3)cc2)cc(OC)c1OC. The molecule has 0 aliphatic carbocycles. The molecule has 11 heteroatoms. The molecule has 1 amide bonds. The molecule has 0 atom stereocenters. The van der Waals surface area contributed by atoms with Gasteiger partial charge in [-0.05, 0) is 48.5 Å². The Morgan fingerprint density at radius 3 is 1.53 bits per heavy atom. The average Bonchev–Trinajstić information content (AvgIpc) is 3.46. The number of anilines is 1. The number of hydrogen-bond acceptors (Lipinski definition) is 10. The van der Waals surface area contributed by atoms with Crippen LogP contribution >= 0.6 is 0 Å². The fraction of sp³-hybridized carbons (Fsp3) is 0.222. The first kappa shape index (κ1) is 26.1. The summed E-state index contributed by atoms with van der Waals surface area (Å²) in [5.74, 6) is 2.79. The lowest BCUT2D eigenvalue weighted by Crippen LogP contribution is -2.12. The zero-order chi connectivity index (χ0) is 27.2. The van der Waals surface area contributed by atoms with Crippen LogP contribution in [0.2, 0.25) is 0 Å². The molecule has 3 aromatic carbocycles. The van der Waals surface area contributed by atoms with E-state index >= 15 is 0 Å². The van der Waals surface area contributed by atoms with Gasteiger partial charge in [0.1, 0.15) is 0 Å². The molecule has 1 aromatic heterocycles. The van der Waals surface area contributed by atoms with E-state index in [9.17, 15) is 4.79 Å². The van der Waals surface area contributed by atoms with Gasteiger partial charge in [0.05, 0.1) is 42.7 Å². The van der Waals surface area contributed by atoms with Crippen LogP contribution in [0.15, 0.2) is 52.9 Å². The third-order valence-electron chi connectivity index (χ3n) is 5.65. The summed E-state index contributed by atoms with van der Waals surface area (Å²) < 4.78 is 38.0. The lowest BCUT2D eigenvalue weighted by Gasteiger charge is -2.14. The van der Waals surface area contributed by atoms with Gasteiger partial charge in [0.25, 0.3) is 5.91 Å². The van der Waals surface area contributed by atoms with Crippen LogP contribution in [-0.4, -0.2) is 58.8 Å². The van der Waals surface area contributed by atoms with Gasteiger partial charge in [-0.25, -0.2) is 0 Å². The molecule has 4 rings (SSSR count). The van der Waals surface area contributed by atoms with Crippen molar-refractivity contribution in [1.29, 1.82) is 0 Å². The molecule has 0 saturated heterocycles. The van der Waals surface area contributed by atoms with Gasteiger partial charge >= 0.3 is 0 Å². The van der Waals surface area contributed by atoms with E-state index in [4.69, 9.17) is 32.8 Å². The number of hydrogen-bond donors (Lipinski definition) is 1. The molecular formula is C27H27N3O8. The van der Waals surface area contributed by atoms with Crippen LogP contribution in [0.5, 0.6) is 34.5 Å². The van der Waals surface area contributed by atoms with Crippen LogP contribution in [0, 0.1) is 0 Å². The van der Waals surface area contributed by atoms with Gasteiger partial charge in [-0.15, -0.1) is 10.2 Å². The molecule has 0 aliphatic rings. The fourth-order valence-electron chi connectivity index (χ4n) is 3.77. The molecule has 1 heterocycles. The number of rotatable bonds is 10. The second-order valence-electron chi connectivity index (χ2n) is 7.77. The lowest BCUT2D eigenvalue weighted by molar-refractivity contribution is 0.102. The van der Waals surface area contributed by atoms with Gasteiger partial charge in [0.15, 0.2) is 23.0 Å². The summed E-state index contributed by atoms with van der Waals surface area (Å²) in [7, 11) is 9.06. The third-order valence-corrected chi connectivity index (χ3v) is 5.65. The molecule has 0 bridgehead atoms. The smallest absolute Gasteiger partial charge is 0.255 e. The molecule has 0 spiro atoms. The lowest BCUT2D eigenvalue weighted by atomic mass is 10.1. The van der Waals surface area contributed by atoms with E-state index in [0.29, 0.717) is 62.8 Å². The molecular weight excluding hydrogens is 494 g/mol. The molecule has 0 fully saturated rings. The predicted molar refractivity (Wildman–Crippen MR) is 139 cm³/mol. The molecule has 11 nitrogen and oxygen atoms in total. The summed E-state index contributed by atoms with van der Waals surface area (Å²) in [5.41, 5.74) is 2.18. The first-order valence-corrected chi connectivity index (χ1v) is 11.3. The highest BCUT2D eigenvalue weighted by Gasteiger charge is 2.19. The van der Waals surface area contributed by atoms with Crippen molar-refractivity contribution in [1.82, 2.24) is 10.2 Å². The topological polar surface area (TPSA) is 123 Å². The normalized spacial score (nSPS) is 10.5. The number of ether oxygens (including phenoxy) is 6. The van der Waals surface area contributed by atoms with E-state index in [2.05, 4.69) is 15.5 Å². The van der Waals surface area contributed by atoms with Crippen LogP contribution < -0.4 is 33.7 Å². The number of carbonyl (C=O) groups is 1. The predicted octanol–water partition coefficient (Wildman–Crippen LogP) is 4.71. The van der Waals surface area contributed by atoms with Gasteiger partial charge in [-0.1, -0.05) is 0 Å². The average molecular weight is 522 g/mol. The Morgan fingerprint density at radius 1 is 0.632 bits per heavy atom. The van der Waals surface area contributed by atoms with Crippen molar-refractivity contribution in [2.45, 2.75) is 0 Å². The van der Waals surface area contributed by atoms with Gasteiger partial charge in [-0.3, -0.25) is 4.79 Å². The third kappa shape index (κ3) is 5.12. The first-order valence-electron chi connectivity index (χ1n) is 11.3. The van der Waals surface area contributed by atoms with Crippen molar-refractivity contribution < 1.29 is 37.6 Å². The number of nitrogens with one attached hydrogen (secondary N) is 1. The van der Waals surface area contributed by atoms with E-state index in [1.54, 1.807) is 48.5 Å². The van der Waals surface area contributed by atoms with Gasteiger partial charge in [-0.2, -0.15) is 0 Å². The highest BCUT2D eigenvalue weighted by molar-refractivity contribution is 6.05. The first-order chi connectivity index (χ1) is 18.5. The molecule has 0 saturated carbocycles. The number of methoxy groups -OCH3 is 6. The Kier molecular flexibility index (Phi) is 7.86. The van der Waals surface area contributed by atoms with Gasteiger partial charge < -0.3 is 38.2 Å². The highest BCUT2D eigenvalue weighted by atomic mass is 16.5. The highest BCUT2D eigenvalue weighted by Crippen LogP contribution is 2.41. The molecule has 4 aromatic rings. The molecule has 38 heavy (non-hydrogen) atoms. The number of benzene rings is 3. The van der Waals surface area contributed by atoms with Crippen LogP contribution in [0.1, 0.15) is 10.4 Å². The van der Waals surface area contributed by atoms with Crippen LogP contribution in [-0.2, 0) is 0 Å². The Bertz CT molecular complexity index is 1380. The van der Waals surface area contributed by atoms with Gasteiger partial charge in [0.2, 0.25) is 23.3 Å². The summed E-state index contributed by atoms with van der Waals surface area (Å²) in [4.78, 5) is 12.9. The Labute approximate surface area is 219 Å². The van der Waals surface area contributed by atoms with E-state index in [1.807, 2.05) is 0 Å². The zero-order valence-electron chi connectivity index (χ0n) is 21.8. The van der Waals surface area contributed by atoms with E-state index in [1.165, 1.54) is 42.7 Å². The van der Waals surface area contributed by atoms with Crippen molar-refractivity contribution in [3.8, 4) is 57.4 Å². The van der Waals surface area contributed by atoms with Crippen LogP contribution in [0.4, 0.5) is 5.69 Å². The van der Waals surface area contributed by atoms with E-state index in [-0.39, 0.29) is 11.8 Å². The van der Waals surface area contributed by atoms with Crippen molar-refractivity contribution >= 4 is 11.6 Å². The summed E-state index contributed by atoms with van der Waals surface area (Å²) in [6.45, 7) is 0. The molecule has 0 radical (unpaired) electrons. The van der Waals surface area contributed by atoms with E-state index in [0.717, 1.165) is 0 Å². The maximum Gasteiger partial charge on any atom is 0.255 e. The van der Waals surface area contributed by atoms with E-state index < -0.39 is 0 Å². The number of amides is 1. The number of aromatic nitrogens is 2. The second-order valence-corrected chi connectivity index (χ2v) is 7.77. The minimum Gasteiger partial charge on any atom is -0.493 e. The van der Waals surface area contributed by atoms with Crippen molar-refractivity contribution in [3.05, 3.63) is 54.1 Å². The minimum atomic E-state index is -0.348. The maximum absolute atomic E-state index is 12.9. The van der Waals surface area contributed by atoms with Crippen molar-refractivity contribution in [2.24, 2.45) is 0 Å². The molecule has 198 valence electrons. The summed E-state index contributed by atoms with van der Waals surface area (Å²) in [6, 6.07) is 13.6. The summed E-state index contributed by atoms with van der Waals surface area (Å²) in [6.07, 6.45) is 0. The minimum absolute atomic E-state index is 0.277. The summed E-state index contributed by atoms with van der Waals surface area (Å²) in [5, 5.41) is 11.2. The number of nitrogens with zero attached hydrogens (tertiary/aromatic N) is 2. The Morgan fingerprint density at radius 2 is 1.08 bits per heavy atom. The molecule has 0 unspecified atom stereocenters. The standard InChI is InChI=1S/C27H27N3O8/c1-32-19-11-16(12-20(33-2)23(19)36-5)25(31)28-18-9-7-15(8-10-18)26-29-30-27(38-26)17-13-21(34-3)24(37-6)22(14-17)35-4/h7-14H,1-6H3,(H,28,31). The Balaban J connectivity index is 1.53. The maximum atomic E-state index is 12.9. The summed E-state index contributed by atoms with van der Waals surface area (Å²) >= 11 is 0. The fourth-order valence-corrected chi connectivity index (χ4v) is 3.77. The van der Waals surface area contributed by atoms with Crippen molar-refractivity contribution in [2.75, 3.05) is 48.0 Å². The van der Waals surface area contributed by atoms with Crippen LogP contribution in [0.25, 0.3) is 22.9 Å². The van der Waals surface area contributed by atoms with Gasteiger partial charge in [0, 0.05) is 22.4 Å². The quantitative estimate of drug-likeness (QED) is 0.314. The largest absolute Gasteiger partial charge is 0.493 e. The second kappa shape index (κ2) is 11.4.